The van der Waals surface area contributed by atoms with Crippen LogP contribution in [0, 0.1) is 0 Å². The summed E-state index contributed by atoms with van der Waals surface area (Å²) in [6, 6.07) is 4.67. The van der Waals surface area contributed by atoms with Crippen molar-refractivity contribution in [2.45, 2.75) is 19.4 Å². The molecule has 1 unspecified atom stereocenters. The Morgan fingerprint density at radius 3 is 2.30 bits per heavy atom. The van der Waals surface area contributed by atoms with Crippen LogP contribution in [-0.4, -0.2) is 38.6 Å². The molecule has 1 heterocycles. The number of rotatable bonds is 4. The standard InChI is InChI=1S/C14H18N2O4/c1-4-12-14(18)16(8-13(17)15-12)9-5-10(19-2)7-11(6-9)20-3/h5-7,12H,4,8H2,1-3H3,(H,15,17). The zero-order chi connectivity index (χ0) is 14.7. The molecule has 1 atom stereocenters. The van der Waals surface area contributed by atoms with E-state index < -0.39 is 6.04 Å². The number of carbonyl (C=O) groups is 2. The highest BCUT2D eigenvalue weighted by atomic mass is 16.5. The molecule has 0 saturated carbocycles. The molecule has 1 saturated heterocycles. The van der Waals surface area contributed by atoms with Crippen LogP contribution in [0.2, 0.25) is 0 Å². The van der Waals surface area contributed by atoms with Gasteiger partial charge in [0.05, 0.1) is 19.9 Å². The van der Waals surface area contributed by atoms with Gasteiger partial charge in [-0.25, -0.2) is 0 Å². The maximum absolute atomic E-state index is 12.3. The Balaban J connectivity index is 2.38. The van der Waals surface area contributed by atoms with Crippen LogP contribution in [0.15, 0.2) is 18.2 Å². The number of anilines is 1. The van der Waals surface area contributed by atoms with Gasteiger partial charge < -0.3 is 19.7 Å². The number of hydrogen-bond acceptors (Lipinski definition) is 4. The van der Waals surface area contributed by atoms with Crippen molar-refractivity contribution >= 4 is 17.5 Å². The number of methoxy groups -OCH3 is 2. The van der Waals surface area contributed by atoms with Crippen molar-refractivity contribution in [1.82, 2.24) is 5.32 Å². The fraction of sp³-hybridized carbons (Fsp3) is 0.429. The van der Waals surface area contributed by atoms with Gasteiger partial charge >= 0.3 is 0 Å². The zero-order valence-electron chi connectivity index (χ0n) is 11.8. The summed E-state index contributed by atoms with van der Waals surface area (Å²) in [6.07, 6.45) is 0.558. The first-order chi connectivity index (χ1) is 9.58. The second-order valence-corrected chi connectivity index (χ2v) is 4.52. The van der Waals surface area contributed by atoms with Gasteiger partial charge in [-0.15, -0.1) is 0 Å². The SMILES string of the molecule is CCC1NC(=O)CN(c2cc(OC)cc(OC)c2)C1=O. The lowest BCUT2D eigenvalue weighted by molar-refractivity contribution is -0.131. The third kappa shape index (κ3) is 2.68. The Bertz CT molecular complexity index is 508. The molecule has 0 aromatic heterocycles. The molecule has 1 N–H and O–H groups in total. The van der Waals surface area contributed by atoms with E-state index in [1.54, 1.807) is 18.2 Å². The summed E-state index contributed by atoms with van der Waals surface area (Å²) < 4.78 is 10.4. The van der Waals surface area contributed by atoms with E-state index in [2.05, 4.69) is 5.32 Å². The predicted octanol–water partition coefficient (Wildman–Crippen LogP) is 0.945. The number of piperazine rings is 1. The van der Waals surface area contributed by atoms with Crippen molar-refractivity contribution in [1.29, 1.82) is 0 Å². The Morgan fingerprint density at radius 1 is 1.20 bits per heavy atom. The van der Waals surface area contributed by atoms with Gasteiger partial charge in [-0.1, -0.05) is 6.92 Å². The molecular formula is C14H18N2O4. The first-order valence-electron chi connectivity index (χ1n) is 6.42. The van der Waals surface area contributed by atoms with Crippen molar-refractivity contribution in [3.63, 3.8) is 0 Å². The van der Waals surface area contributed by atoms with E-state index in [9.17, 15) is 9.59 Å². The summed E-state index contributed by atoms with van der Waals surface area (Å²) in [6.45, 7) is 1.87. The number of nitrogens with zero attached hydrogens (tertiary/aromatic N) is 1. The molecule has 1 fully saturated rings. The maximum atomic E-state index is 12.3. The monoisotopic (exact) mass is 278 g/mol. The second kappa shape index (κ2) is 5.81. The maximum Gasteiger partial charge on any atom is 0.250 e. The van der Waals surface area contributed by atoms with Gasteiger partial charge in [0.2, 0.25) is 11.8 Å². The van der Waals surface area contributed by atoms with Crippen LogP contribution in [0.25, 0.3) is 0 Å². The van der Waals surface area contributed by atoms with Gasteiger partial charge in [0.1, 0.15) is 24.1 Å². The van der Waals surface area contributed by atoms with Gasteiger partial charge in [-0.2, -0.15) is 0 Å². The molecule has 6 heteroatoms. The molecule has 0 aliphatic carbocycles. The van der Waals surface area contributed by atoms with Crippen LogP contribution in [0.1, 0.15) is 13.3 Å². The molecule has 20 heavy (non-hydrogen) atoms. The fourth-order valence-corrected chi connectivity index (χ4v) is 2.15. The lowest BCUT2D eigenvalue weighted by atomic mass is 10.1. The smallest absolute Gasteiger partial charge is 0.250 e. The molecule has 6 nitrogen and oxygen atoms in total. The van der Waals surface area contributed by atoms with Gasteiger partial charge in [0.15, 0.2) is 0 Å². The first-order valence-corrected chi connectivity index (χ1v) is 6.42. The van der Waals surface area contributed by atoms with Gasteiger partial charge in [-0.05, 0) is 6.42 Å². The molecule has 2 rings (SSSR count). The normalized spacial score (nSPS) is 18.8. The summed E-state index contributed by atoms with van der Waals surface area (Å²) in [4.78, 5) is 25.5. The van der Waals surface area contributed by atoms with Gasteiger partial charge in [0.25, 0.3) is 0 Å². The molecule has 0 bridgehead atoms. The average molecular weight is 278 g/mol. The molecule has 1 aromatic carbocycles. The molecule has 108 valence electrons. The van der Waals surface area contributed by atoms with E-state index in [0.717, 1.165) is 0 Å². The van der Waals surface area contributed by atoms with E-state index in [0.29, 0.717) is 23.6 Å². The van der Waals surface area contributed by atoms with Gasteiger partial charge in [-0.3, -0.25) is 9.59 Å². The third-order valence-electron chi connectivity index (χ3n) is 3.26. The van der Waals surface area contributed by atoms with E-state index in [-0.39, 0.29) is 18.4 Å². The molecular weight excluding hydrogens is 260 g/mol. The molecule has 0 radical (unpaired) electrons. The van der Waals surface area contributed by atoms with Crippen molar-refractivity contribution in [2.24, 2.45) is 0 Å². The van der Waals surface area contributed by atoms with Crippen molar-refractivity contribution < 1.29 is 19.1 Å². The summed E-state index contributed by atoms with van der Waals surface area (Å²) in [7, 11) is 3.08. The summed E-state index contributed by atoms with van der Waals surface area (Å²) in [5.74, 6) is 0.859. The zero-order valence-corrected chi connectivity index (χ0v) is 11.8. The average Bonchev–Trinajstić information content (AvgIpc) is 2.48. The highest BCUT2D eigenvalue weighted by Crippen LogP contribution is 2.29. The number of carbonyl (C=O) groups excluding carboxylic acids is 2. The van der Waals surface area contributed by atoms with Crippen LogP contribution >= 0.6 is 0 Å². The van der Waals surface area contributed by atoms with Crippen molar-refractivity contribution in [2.75, 3.05) is 25.7 Å². The quantitative estimate of drug-likeness (QED) is 0.890. The Morgan fingerprint density at radius 2 is 1.80 bits per heavy atom. The number of amides is 2. The molecule has 1 aliphatic rings. The summed E-state index contributed by atoms with van der Waals surface area (Å²) in [5.41, 5.74) is 0.597. The van der Waals surface area contributed by atoms with Crippen LogP contribution < -0.4 is 19.7 Å². The van der Waals surface area contributed by atoms with E-state index in [4.69, 9.17) is 9.47 Å². The topological polar surface area (TPSA) is 67.9 Å². The first kappa shape index (κ1) is 14.2. The summed E-state index contributed by atoms with van der Waals surface area (Å²) >= 11 is 0. The second-order valence-electron chi connectivity index (χ2n) is 4.52. The minimum Gasteiger partial charge on any atom is -0.497 e. The van der Waals surface area contributed by atoms with E-state index in [1.165, 1.54) is 19.1 Å². The van der Waals surface area contributed by atoms with Crippen LogP contribution in [0.3, 0.4) is 0 Å². The minimum absolute atomic E-state index is 0.00561. The summed E-state index contributed by atoms with van der Waals surface area (Å²) in [5, 5.41) is 2.68. The Kier molecular flexibility index (Phi) is 4.12. The molecule has 0 spiro atoms. The number of ether oxygens (including phenoxy) is 2. The Hall–Kier alpha value is -2.24. The highest BCUT2D eigenvalue weighted by molar-refractivity contribution is 6.06. The molecule has 2 amide bonds. The fourth-order valence-electron chi connectivity index (χ4n) is 2.15. The van der Waals surface area contributed by atoms with Crippen molar-refractivity contribution in [3.05, 3.63) is 18.2 Å². The lowest BCUT2D eigenvalue weighted by Crippen LogP contribution is -2.58. The largest absolute Gasteiger partial charge is 0.497 e. The van der Waals surface area contributed by atoms with Crippen LogP contribution in [0.5, 0.6) is 11.5 Å². The molecule has 1 aromatic rings. The van der Waals surface area contributed by atoms with E-state index in [1.807, 2.05) is 6.92 Å². The lowest BCUT2D eigenvalue weighted by Gasteiger charge is -2.32. The highest BCUT2D eigenvalue weighted by Gasteiger charge is 2.32. The van der Waals surface area contributed by atoms with Crippen molar-refractivity contribution in [3.8, 4) is 11.5 Å². The third-order valence-corrected chi connectivity index (χ3v) is 3.26. The van der Waals surface area contributed by atoms with E-state index >= 15 is 0 Å². The minimum atomic E-state index is -0.478. The number of hydrogen-bond donors (Lipinski definition) is 1. The Labute approximate surface area is 117 Å². The number of nitrogens with one attached hydrogen (secondary N) is 1. The predicted molar refractivity (Wildman–Crippen MR) is 74.1 cm³/mol. The molecule has 1 aliphatic heterocycles. The van der Waals surface area contributed by atoms with Gasteiger partial charge in [0, 0.05) is 18.2 Å². The number of benzene rings is 1. The van der Waals surface area contributed by atoms with Crippen LogP contribution in [0.4, 0.5) is 5.69 Å². The van der Waals surface area contributed by atoms with Crippen LogP contribution in [-0.2, 0) is 9.59 Å².